The lowest BCUT2D eigenvalue weighted by molar-refractivity contribution is -0.161. The zero-order valence-electron chi connectivity index (χ0n) is 66.2. The second-order valence-corrected chi connectivity index (χ2v) is 32.9. The van der Waals surface area contributed by atoms with Crippen LogP contribution in [-0.4, -0.2) is 96.7 Å². The fraction of sp³-hybridized carbons (Fsp3) is 0.951. The highest BCUT2D eigenvalue weighted by Gasteiger charge is 2.30. The quantitative estimate of drug-likeness (QED) is 0.0222. The lowest BCUT2D eigenvalue weighted by Gasteiger charge is -2.21. The Morgan fingerprint density at radius 3 is 0.703 bits per heavy atom. The molecule has 0 aliphatic carbocycles. The highest BCUT2D eigenvalue weighted by molar-refractivity contribution is 7.47. The molecule has 0 amide bonds. The Bertz CT molecular complexity index is 1950. The average molecular weight is 1480 g/mol. The Hall–Kier alpha value is -1.94. The van der Waals surface area contributed by atoms with Crippen LogP contribution in [0.4, 0.5) is 0 Å². The van der Waals surface area contributed by atoms with Crippen LogP contribution in [-0.2, 0) is 65.4 Å². The number of phosphoric ester groups is 2. The summed E-state index contributed by atoms with van der Waals surface area (Å²) in [7, 11) is -9.92. The molecule has 101 heavy (non-hydrogen) atoms. The van der Waals surface area contributed by atoms with Gasteiger partial charge in [-0.1, -0.05) is 382 Å². The van der Waals surface area contributed by atoms with Crippen molar-refractivity contribution >= 4 is 39.5 Å². The molecule has 4 unspecified atom stereocenters. The minimum absolute atomic E-state index is 0.107. The van der Waals surface area contributed by atoms with E-state index in [0.717, 1.165) is 102 Å². The van der Waals surface area contributed by atoms with Crippen LogP contribution < -0.4 is 0 Å². The molecule has 0 aliphatic heterocycles. The van der Waals surface area contributed by atoms with Gasteiger partial charge in [0.05, 0.1) is 26.4 Å². The van der Waals surface area contributed by atoms with Gasteiger partial charge < -0.3 is 33.8 Å². The first kappa shape index (κ1) is 99.1. The predicted molar refractivity (Wildman–Crippen MR) is 414 cm³/mol. The van der Waals surface area contributed by atoms with Gasteiger partial charge in [-0.15, -0.1) is 0 Å². The highest BCUT2D eigenvalue weighted by Crippen LogP contribution is 2.45. The van der Waals surface area contributed by atoms with Crippen LogP contribution in [0.25, 0.3) is 0 Å². The number of esters is 4. The van der Waals surface area contributed by atoms with Gasteiger partial charge >= 0.3 is 39.5 Å². The van der Waals surface area contributed by atoms with Crippen molar-refractivity contribution in [2.45, 2.75) is 452 Å². The molecular formula is C82H160O17P2. The maximum Gasteiger partial charge on any atom is 0.472 e. The first-order valence-corrected chi connectivity index (χ1v) is 45.6. The van der Waals surface area contributed by atoms with Gasteiger partial charge in [0.25, 0.3) is 0 Å². The number of phosphoric acid groups is 2. The lowest BCUT2D eigenvalue weighted by Crippen LogP contribution is -2.30. The summed E-state index contributed by atoms with van der Waals surface area (Å²) in [5.74, 6) is -0.454. The van der Waals surface area contributed by atoms with Crippen LogP contribution in [0.3, 0.4) is 0 Å². The summed E-state index contributed by atoms with van der Waals surface area (Å²) >= 11 is 0. The number of hydrogen-bond acceptors (Lipinski definition) is 15. The fourth-order valence-corrected chi connectivity index (χ4v) is 14.2. The van der Waals surface area contributed by atoms with E-state index in [1.807, 2.05) is 0 Å². The molecule has 7 atom stereocenters. The molecule has 19 heteroatoms. The van der Waals surface area contributed by atoms with Crippen molar-refractivity contribution in [1.29, 1.82) is 0 Å². The van der Waals surface area contributed by atoms with Crippen LogP contribution in [0.5, 0.6) is 0 Å². The summed E-state index contributed by atoms with van der Waals surface area (Å²) in [6, 6.07) is 0. The van der Waals surface area contributed by atoms with E-state index in [0.29, 0.717) is 25.7 Å². The van der Waals surface area contributed by atoms with E-state index in [-0.39, 0.29) is 25.7 Å². The van der Waals surface area contributed by atoms with Crippen molar-refractivity contribution < 1.29 is 80.2 Å². The molecule has 0 rings (SSSR count). The molecule has 0 spiro atoms. The van der Waals surface area contributed by atoms with Gasteiger partial charge in [-0.2, -0.15) is 0 Å². The van der Waals surface area contributed by atoms with Crippen LogP contribution in [0.15, 0.2) is 0 Å². The van der Waals surface area contributed by atoms with Gasteiger partial charge in [0.2, 0.25) is 0 Å². The molecular weight excluding hydrogens is 1320 g/mol. The molecule has 0 aliphatic rings. The van der Waals surface area contributed by atoms with E-state index >= 15 is 0 Å². The monoisotopic (exact) mass is 1480 g/mol. The predicted octanol–water partition coefficient (Wildman–Crippen LogP) is 24.7. The number of aliphatic hydroxyl groups is 1. The SMILES string of the molecule is CCCCCCCCCCCCCCCCCCCCCC(=O)O[C@H](COC(=O)CCCCCCCCCCCCCCCCC(C)CC)COP(=O)(O)OC[C@@H](O)COP(=O)(O)OC[C@@H](COC(=O)CCCCCCCCCCCC)OC(=O)CCCCCCCCCCCCC(C)CC. The van der Waals surface area contributed by atoms with E-state index in [1.54, 1.807) is 0 Å². The van der Waals surface area contributed by atoms with Gasteiger partial charge in [0.15, 0.2) is 12.2 Å². The number of carbonyl (C=O) groups is 4. The van der Waals surface area contributed by atoms with Crippen molar-refractivity contribution in [3.05, 3.63) is 0 Å². The third-order valence-corrected chi connectivity index (χ3v) is 21.8. The third-order valence-electron chi connectivity index (χ3n) is 19.9. The zero-order valence-corrected chi connectivity index (χ0v) is 68.0. The molecule has 0 saturated heterocycles. The molecule has 600 valence electrons. The molecule has 0 aromatic heterocycles. The normalized spacial score (nSPS) is 14.4. The summed E-state index contributed by atoms with van der Waals surface area (Å²) in [5.41, 5.74) is 0. The molecule has 3 N–H and O–H groups in total. The summed E-state index contributed by atoms with van der Waals surface area (Å²) in [4.78, 5) is 73.1. The van der Waals surface area contributed by atoms with E-state index in [4.69, 9.17) is 37.0 Å². The number of unbranched alkanes of at least 4 members (excludes halogenated alkanes) is 49. The Kier molecular flexibility index (Phi) is 72.2. The van der Waals surface area contributed by atoms with Crippen molar-refractivity contribution in [1.82, 2.24) is 0 Å². The Morgan fingerprint density at radius 2 is 0.475 bits per heavy atom. The van der Waals surface area contributed by atoms with Gasteiger partial charge in [0, 0.05) is 25.7 Å². The van der Waals surface area contributed by atoms with Crippen LogP contribution in [0.2, 0.25) is 0 Å². The number of ether oxygens (including phenoxy) is 4. The van der Waals surface area contributed by atoms with Crippen molar-refractivity contribution in [2.75, 3.05) is 39.6 Å². The largest absolute Gasteiger partial charge is 0.472 e. The molecule has 0 aromatic rings. The van der Waals surface area contributed by atoms with Crippen molar-refractivity contribution in [2.24, 2.45) is 11.8 Å². The third kappa shape index (κ3) is 73.4. The Morgan fingerprint density at radius 1 is 0.277 bits per heavy atom. The average Bonchev–Trinajstić information content (AvgIpc) is 0.946. The Labute approximate surface area is 619 Å². The molecule has 0 saturated carbocycles. The number of aliphatic hydroxyl groups excluding tert-OH is 1. The highest BCUT2D eigenvalue weighted by atomic mass is 31.2. The molecule has 0 aromatic carbocycles. The van der Waals surface area contributed by atoms with Gasteiger partial charge in [-0.25, -0.2) is 9.13 Å². The maximum absolute atomic E-state index is 13.1. The number of carbonyl (C=O) groups excluding carboxylic acids is 4. The molecule has 0 bridgehead atoms. The maximum atomic E-state index is 13.1. The van der Waals surface area contributed by atoms with E-state index in [1.165, 1.54) is 250 Å². The Balaban J connectivity index is 5.24. The summed E-state index contributed by atoms with van der Waals surface area (Å²) in [6.45, 7) is 9.71. The minimum atomic E-state index is -4.96. The lowest BCUT2D eigenvalue weighted by atomic mass is 9.99. The topological polar surface area (TPSA) is 237 Å². The van der Waals surface area contributed by atoms with Crippen molar-refractivity contribution in [3.8, 4) is 0 Å². The summed E-state index contributed by atoms with van der Waals surface area (Å²) in [5, 5.41) is 10.6. The van der Waals surface area contributed by atoms with E-state index < -0.39 is 97.5 Å². The van der Waals surface area contributed by atoms with Gasteiger partial charge in [-0.3, -0.25) is 37.3 Å². The van der Waals surface area contributed by atoms with Crippen molar-refractivity contribution in [3.63, 3.8) is 0 Å². The second-order valence-electron chi connectivity index (χ2n) is 30.0. The number of rotatable bonds is 81. The summed E-state index contributed by atoms with van der Waals surface area (Å²) < 4.78 is 68.8. The smallest absolute Gasteiger partial charge is 0.462 e. The molecule has 0 fully saturated rings. The zero-order chi connectivity index (χ0) is 74.2. The molecule has 0 radical (unpaired) electrons. The first-order chi connectivity index (χ1) is 48.9. The standard InChI is InChI=1S/C82H160O17P2/c1-7-11-13-15-17-19-21-22-23-24-25-26-27-32-35-42-48-54-60-66-81(86)98-78(71-93-80(85)65-59-53-47-41-34-31-29-28-30-33-38-44-50-56-62-74(5)9-3)73-97-101(90,91)95-69-76(83)68-94-100(88,89)96-72-77(70-92-79(84)64-58-52-46-40-20-18-16-14-12-8-2)99-82(87)67-61-55-49-43-37-36-39-45-51-57-63-75(6)10-4/h74-78,83H,7-73H2,1-6H3,(H,88,89)(H,90,91)/t74?,75?,76-,77+,78+/m0/s1. The van der Waals surface area contributed by atoms with E-state index in [2.05, 4.69) is 41.5 Å². The van der Waals surface area contributed by atoms with Gasteiger partial charge in [0.1, 0.15) is 19.3 Å². The summed E-state index contributed by atoms with van der Waals surface area (Å²) in [6.07, 6.45) is 63.7. The van der Waals surface area contributed by atoms with Crippen LogP contribution in [0.1, 0.15) is 433 Å². The van der Waals surface area contributed by atoms with E-state index in [9.17, 15) is 43.2 Å². The van der Waals surface area contributed by atoms with Crippen LogP contribution in [0, 0.1) is 11.8 Å². The first-order valence-electron chi connectivity index (χ1n) is 42.6. The molecule has 17 nitrogen and oxygen atoms in total. The fourth-order valence-electron chi connectivity index (χ4n) is 12.6. The second kappa shape index (κ2) is 73.6. The minimum Gasteiger partial charge on any atom is -0.462 e. The molecule has 0 heterocycles. The number of hydrogen-bond donors (Lipinski definition) is 3. The van der Waals surface area contributed by atoms with Gasteiger partial charge in [-0.05, 0) is 37.5 Å². The van der Waals surface area contributed by atoms with Crippen LogP contribution >= 0.6 is 15.6 Å².